The molecule has 4 atom stereocenters. The summed E-state index contributed by atoms with van der Waals surface area (Å²) in [6.07, 6.45) is -1.92. The number of aliphatic hydroxyl groups is 1. The van der Waals surface area contributed by atoms with Crippen LogP contribution < -0.4 is 0 Å². The van der Waals surface area contributed by atoms with Crippen LogP contribution in [0.2, 0.25) is 0 Å². The van der Waals surface area contributed by atoms with Gasteiger partial charge in [0.1, 0.15) is 24.5 Å². The minimum absolute atomic E-state index is 0.133. The number of benzene rings is 2. The fraction of sp³-hybridized carbons (Fsp3) is 0.500. The molecule has 0 amide bonds. The van der Waals surface area contributed by atoms with E-state index in [4.69, 9.17) is 0 Å². The molecule has 1 fully saturated rings. The molecule has 2 aliphatic heterocycles. The number of alkyl halides is 3. The number of aromatic amines is 1. The number of fused-ring (bicyclic) bond motifs is 3. The summed E-state index contributed by atoms with van der Waals surface area (Å²) >= 11 is 0. The smallest absolute Gasteiger partial charge is 0.141 e. The van der Waals surface area contributed by atoms with Crippen molar-refractivity contribution in [2.75, 3.05) is 39.5 Å². The Morgan fingerprint density at radius 3 is 2.49 bits per heavy atom. The molecule has 2 N–H and O–H groups in total. The number of nitrogens with one attached hydrogen (secondary N) is 1. The Morgan fingerprint density at radius 2 is 1.81 bits per heavy atom. The Balaban J connectivity index is 1.51. The maximum Gasteiger partial charge on any atom is 0.141 e. The number of likely N-dealkylation sites (tertiary alicyclic amines) is 1. The highest BCUT2D eigenvalue weighted by atomic mass is 19.2. The standard InChI is InChI=1S/C28H32F5N3O/c1-16-9-21-20-5-2-3-6-24(20)34-26(21)27(36(16)15-19(31)12-30)25-22(32)10-17(11-23(25)33)28(37)18-13-35(14-18)8-4-7-29/h2-3,5-6,10-11,16,18-19,27-28,34,37H,4,7-9,12-15H2,1H3/t16-,19+,27?,28+/m1/s1. The van der Waals surface area contributed by atoms with Crippen LogP contribution in [0.4, 0.5) is 22.0 Å². The Kier molecular flexibility index (Phi) is 7.56. The first-order valence-corrected chi connectivity index (χ1v) is 12.8. The number of hydrogen-bond acceptors (Lipinski definition) is 3. The molecule has 37 heavy (non-hydrogen) atoms. The highest BCUT2D eigenvalue weighted by Crippen LogP contribution is 2.43. The topological polar surface area (TPSA) is 42.5 Å². The molecule has 5 rings (SSSR count). The van der Waals surface area contributed by atoms with E-state index < -0.39 is 43.3 Å². The van der Waals surface area contributed by atoms with Crippen molar-refractivity contribution in [1.29, 1.82) is 0 Å². The summed E-state index contributed by atoms with van der Waals surface area (Å²) in [6.45, 7) is 1.58. The molecule has 9 heteroatoms. The summed E-state index contributed by atoms with van der Waals surface area (Å²) in [4.78, 5) is 6.89. The Bertz CT molecular complexity index is 1220. The van der Waals surface area contributed by atoms with Crippen molar-refractivity contribution in [3.63, 3.8) is 0 Å². The van der Waals surface area contributed by atoms with E-state index in [1.165, 1.54) is 0 Å². The summed E-state index contributed by atoms with van der Waals surface area (Å²) < 4.78 is 71.4. The van der Waals surface area contributed by atoms with Gasteiger partial charge >= 0.3 is 0 Å². The average molecular weight is 522 g/mol. The summed E-state index contributed by atoms with van der Waals surface area (Å²) in [7, 11) is 0. The lowest BCUT2D eigenvalue weighted by molar-refractivity contribution is -0.00641. The first kappa shape index (κ1) is 26.1. The van der Waals surface area contributed by atoms with Crippen LogP contribution in [0.15, 0.2) is 36.4 Å². The Hall–Kier alpha value is -2.49. The van der Waals surface area contributed by atoms with Crippen molar-refractivity contribution in [3.05, 3.63) is 70.4 Å². The molecule has 2 aromatic carbocycles. The third kappa shape index (κ3) is 4.89. The molecular weight excluding hydrogens is 489 g/mol. The zero-order valence-electron chi connectivity index (χ0n) is 20.7. The third-order valence-corrected chi connectivity index (χ3v) is 7.85. The third-order valence-electron chi connectivity index (χ3n) is 7.85. The number of aliphatic hydroxyl groups excluding tert-OH is 1. The minimum atomic E-state index is -1.79. The second-order valence-corrected chi connectivity index (χ2v) is 10.4. The van der Waals surface area contributed by atoms with Crippen LogP contribution in [0, 0.1) is 17.6 Å². The maximum absolute atomic E-state index is 15.7. The second-order valence-electron chi connectivity index (χ2n) is 10.4. The molecule has 200 valence electrons. The number of nitrogens with zero attached hydrogens (tertiary/aromatic N) is 2. The Labute approximate surface area is 213 Å². The number of halogens is 5. The monoisotopic (exact) mass is 521 g/mol. The molecule has 0 spiro atoms. The maximum atomic E-state index is 15.7. The number of H-pyrrole nitrogens is 1. The molecule has 3 heterocycles. The number of aromatic nitrogens is 1. The van der Waals surface area contributed by atoms with Gasteiger partial charge in [0.05, 0.1) is 18.8 Å². The molecule has 1 unspecified atom stereocenters. The molecule has 0 aliphatic carbocycles. The fourth-order valence-electron chi connectivity index (χ4n) is 5.96. The van der Waals surface area contributed by atoms with E-state index in [-0.39, 0.29) is 29.6 Å². The molecular formula is C28H32F5N3O. The molecule has 0 radical (unpaired) electrons. The van der Waals surface area contributed by atoms with Crippen LogP contribution in [0.1, 0.15) is 47.9 Å². The number of para-hydroxylation sites is 1. The lowest BCUT2D eigenvalue weighted by atomic mass is 9.85. The second kappa shape index (κ2) is 10.7. The largest absolute Gasteiger partial charge is 0.388 e. The minimum Gasteiger partial charge on any atom is -0.388 e. The average Bonchev–Trinajstić information content (AvgIpc) is 3.22. The predicted molar refractivity (Wildman–Crippen MR) is 133 cm³/mol. The number of hydrogen-bond donors (Lipinski definition) is 2. The van der Waals surface area contributed by atoms with Gasteiger partial charge in [-0.2, -0.15) is 0 Å². The van der Waals surface area contributed by atoms with Crippen molar-refractivity contribution in [1.82, 2.24) is 14.8 Å². The molecule has 1 aromatic heterocycles. The highest BCUT2D eigenvalue weighted by molar-refractivity contribution is 5.85. The van der Waals surface area contributed by atoms with E-state index in [9.17, 15) is 18.3 Å². The van der Waals surface area contributed by atoms with Gasteiger partial charge in [0.25, 0.3) is 0 Å². The van der Waals surface area contributed by atoms with Gasteiger partial charge in [0, 0.05) is 60.3 Å². The van der Waals surface area contributed by atoms with Gasteiger partial charge in [0.15, 0.2) is 0 Å². The molecule has 3 aromatic rings. The van der Waals surface area contributed by atoms with Crippen LogP contribution in [-0.2, 0) is 6.42 Å². The van der Waals surface area contributed by atoms with Gasteiger partial charge in [-0.15, -0.1) is 0 Å². The van der Waals surface area contributed by atoms with Crippen LogP contribution in [0.3, 0.4) is 0 Å². The normalized spacial score (nSPS) is 22.7. The van der Waals surface area contributed by atoms with E-state index in [0.717, 1.165) is 28.6 Å². The summed E-state index contributed by atoms with van der Waals surface area (Å²) in [5, 5.41) is 11.7. The van der Waals surface area contributed by atoms with E-state index in [2.05, 4.69) is 4.98 Å². The zero-order chi connectivity index (χ0) is 26.3. The molecule has 0 bridgehead atoms. The highest BCUT2D eigenvalue weighted by Gasteiger charge is 2.40. The molecule has 1 saturated heterocycles. The van der Waals surface area contributed by atoms with Crippen molar-refractivity contribution in [3.8, 4) is 0 Å². The first-order valence-electron chi connectivity index (χ1n) is 12.8. The van der Waals surface area contributed by atoms with Crippen LogP contribution in [0.5, 0.6) is 0 Å². The van der Waals surface area contributed by atoms with E-state index in [0.29, 0.717) is 38.2 Å². The van der Waals surface area contributed by atoms with Crippen molar-refractivity contribution in [2.24, 2.45) is 5.92 Å². The number of rotatable bonds is 9. The summed E-state index contributed by atoms with van der Waals surface area (Å²) in [5.41, 5.74) is 2.17. The fourth-order valence-corrected chi connectivity index (χ4v) is 5.96. The van der Waals surface area contributed by atoms with E-state index in [1.54, 1.807) is 4.90 Å². The van der Waals surface area contributed by atoms with E-state index in [1.807, 2.05) is 36.1 Å². The first-order chi connectivity index (χ1) is 17.8. The van der Waals surface area contributed by atoms with Crippen molar-refractivity contribution >= 4 is 10.9 Å². The quantitative estimate of drug-likeness (QED) is 0.370. The summed E-state index contributed by atoms with van der Waals surface area (Å²) in [5.74, 6) is -1.88. The van der Waals surface area contributed by atoms with Crippen LogP contribution in [0.25, 0.3) is 10.9 Å². The van der Waals surface area contributed by atoms with Gasteiger partial charge in [-0.1, -0.05) is 18.2 Å². The van der Waals surface area contributed by atoms with Gasteiger partial charge in [-0.05, 0) is 49.1 Å². The molecule has 0 saturated carbocycles. The van der Waals surface area contributed by atoms with Gasteiger partial charge in [0.2, 0.25) is 0 Å². The van der Waals surface area contributed by atoms with E-state index >= 15 is 8.78 Å². The molecule has 2 aliphatic rings. The van der Waals surface area contributed by atoms with Gasteiger partial charge in [-0.25, -0.2) is 17.6 Å². The lowest BCUT2D eigenvalue weighted by Gasteiger charge is -2.42. The Morgan fingerprint density at radius 1 is 1.11 bits per heavy atom. The van der Waals surface area contributed by atoms with Crippen LogP contribution >= 0.6 is 0 Å². The zero-order valence-corrected chi connectivity index (χ0v) is 20.7. The predicted octanol–water partition coefficient (Wildman–Crippen LogP) is 5.41. The van der Waals surface area contributed by atoms with Crippen molar-refractivity contribution in [2.45, 2.75) is 44.1 Å². The molecule has 4 nitrogen and oxygen atoms in total. The van der Waals surface area contributed by atoms with Crippen molar-refractivity contribution < 1.29 is 27.1 Å². The lowest BCUT2D eigenvalue weighted by Crippen LogP contribution is -2.49. The van der Waals surface area contributed by atoms with Crippen LogP contribution in [-0.4, -0.2) is 71.6 Å². The van der Waals surface area contributed by atoms with Gasteiger partial charge < -0.3 is 15.0 Å². The summed E-state index contributed by atoms with van der Waals surface area (Å²) in [6, 6.07) is 8.58. The SMILES string of the molecule is C[C@@H]1Cc2c([nH]c3ccccc23)C(c2c(F)cc([C@H](O)C3CN(CCCF)C3)cc2F)N1C[C@@H](F)CF. The van der Waals surface area contributed by atoms with Gasteiger partial charge in [-0.3, -0.25) is 9.29 Å².